The first-order valence-corrected chi connectivity index (χ1v) is 7.72. The van der Waals surface area contributed by atoms with Crippen LogP contribution in [-0.2, 0) is 5.54 Å². The summed E-state index contributed by atoms with van der Waals surface area (Å²) in [6.45, 7) is 5.88. The lowest BCUT2D eigenvalue weighted by atomic mass is 10.0. The second-order valence-electron chi connectivity index (χ2n) is 5.00. The molecule has 0 radical (unpaired) electrons. The van der Waals surface area contributed by atoms with Crippen molar-refractivity contribution in [2.75, 3.05) is 12.4 Å². The monoisotopic (exact) mass is 321 g/mol. The SMILES string of the molecule is CC[C@](C)(NC(=O)Nc1cncnc1OC)c1nc(C)cs1. The van der Waals surface area contributed by atoms with Crippen LogP contribution in [0.4, 0.5) is 10.5 Å². The Morgan fingerprint density at radius 2 is 2.27 bits per heavy atom. The Hall–Kier alpha value is -2.22. The highest BCUT2D eigenvalue weighted by Gasteiger charge is 2.30. The van der Waals surface area contributed by atoms with E-state index in [1.165, 1.54) is 31.0 Å². The lowest BCUT2D eigenvalue weighted by Gasteiger charge is -2.27. The van der Waals surface area contributed by atoms with E-state index in [0.29, 0.717) is 11.6 Å². The first-order chi connectivity index (χ1) is 10.5. The predicted octanol–water partition coefficient (Wildman–Crippen LogP) is 2.70. The van der Waals surface area contributed by atoms with Gasteiger partial charge >= 0.3 is 6.03 Å². The Bertz CT molecular complexity index is 660. The topological polar surface area (TPSA) is 89.0 Å². The van der Waals surface area contributed by atoms with E-state index < -0.39 is 5.54 Å². The highest BCUT2D eigenvalue weighted by molar-refractivity contribution is 7.09. The van der Waals surface area contributed by atoms with Crippen molar-refractivity contribution in [1.29, 1.82) is 0 Å². The second-order valence-corrected chi connectivity index (χ2v) is 5.86. The fourth-order valence-corrected chi connectivity index (χ4v) is 2.86. The van der Waals surface area contributed by atoms with Crippen molar-refractivity contribution in [3.05, 3.63) is 28.6 Å². The van der Waals surface area contributed by atoms with Crippen LogP contribution in [0.25, 0.3) is 0 Å². The molecule has 0 aliphatic carbocycles. The van der Waals surface area contributed by atoms with Crippen molar-refractivity contribution in [2.45, 2.75) is 32.7 Å². The number of aromatic nitrogens is 3. The first kappa shape index (κ1) is 16.2. The third-order valence-electron chi connectivity index (χ3n) is 3.30. The molecular weight excluding hydrogens is 302 g/mol. The molecule has 2 amide bonds. The first-order valence-electron chi connectivity index (χ1n) is 6.84. The Labute approximate surface area is 133 Å². The van der Waals surface area contributed by atoms with Gasteiger partial charge in [-0.05, 0) is 20.3 Å². The number of ether oxygens (including phenoxy) is 1. The number of hydrogen-bond acceptors (Lipinski definition) is 6. The quantitative estimate of drug-likeness (QED) is 0.884. The average Bonchev–Trinajstić information content (AvgIpc) is 2.95. The van der Waals surface area contributed by atoms with Crippen LogP contribution in [0.15, 0.2) is 17.9 Å². The normalized spacial score (nSPS) is 13.3. The Morgan fingerprint density at radius 1 is 1.50 bits per heavy atom. The summed E-state index contributed by atoms with van der Waals surface area (Å²) in [5.74, 6) is 0.313. The summed E-state index contributed by atoms with van der Waals surface area (Å²) in [4.78, 5) is 24.6. The number of thiazole rings is 1. The van der Waals surface area contributed by atoms with E-state index in [9.17, 15) is 4.79 Å². The molecule has 2 aromatic heterocycles. The molecule has 2 rings (SSSR count). The van der Waals surface area contributed by atoms with E-state index in [0.717, 1.165) is 17.1 Å². The summed E-state index contributed by atoms with van der Waals surface area (Å²) in [5.41, 5.74) is 0.822. The number of methoxy groups -OCH3 is 1. The highest BCUT2D eigenvalue weighted by Crippen LogP contribution is 2.28. The van der Waals surface area contributed by atoms with Crippen molar-refractivity contribution in [1.82, 2.24) is 20.3 Å². The van der Waals surface area contributed by atoms with Crippen LogP contribution in [0.3, 0.4) is 0 Å². The zero-order valence-corrected chi connectivity index (χ0v) is 13.8. The number of aryl methyl sites for hydroxylation is 1. The number of carbonyl (C=O) groups excluding carboxylic acids is 1. The van der Waals surface area contributed by atoms with E-state index in [-0.39, 0.29) is 6.03 Å². The lowest BCUT2D eigenvalue weighted by Crippen LogP contribution is -2.45. The van der Waals surface area contributed by atoms with Crippen molar-refractivity contribution in [3.8, 4) is 5.88 Å². The maximum atomic E-state index is 12.3. The van der Waals surface area contributed by atoms with E-state index in [1.54, 1.807) is 0 Å². The van der Waals surface area contributed by atoms with Gasteiger partial charge in [-0.2, -0.15) is 4.98 Å². The van der Waals surface area contributed by atoms with E-state index in [1.807, 2.05) is 26.2 Å². The molecule has 2 aromatic rings. The van der Waals surface area contributed by atoms with E-state index in [4.69, 9.17) is 4.74 Å². The van der Waals surface area contributed by atoms with Crippen LogP contribution in [-0.4, -0.2) is 28.1 Å². The molecule has 0 fully saturated rings. The van der Waals surface area contributed by atoms with Gasteiger partial charge in [0.2, 0.25) is 5.88 Å². The third kappa shape index (κ3) is 3.51. The van der Waals surface area contributed by atoms with Crippen molar-refractivity contribution in [3.63, 3.8) is 0 Å². The molecule has 22 heavy (non-hydrogen) atoms. The lowest BCUT2D eigenvalue weighted by molar-refractivity contribution is 0.237. The molecule has 2 N–H and O–H groups in total. The zero-order valence-electron chi connectivity index (χ0n) is 13.0. The van der Waals surface area contributed by atoms with Gasteiger partial charge in [-0.3, -0.25) is 0 Å². The van der Waals surface area contributed by atoms with Gasteiger partial charge < -0.3 is 15.4 Å². The molecule has 0 aromatic carbocycles. The largest absolute Gasteiger partial charge is 0.479 e. The minimum atomic E-state index is -0.536. The zero-order chi connectivity index (χ0) is 16.2. The van der Waals surface area contributed by atoms with Crippen molar-refractivity contribution >= 4 is 23.1 Å². The van der Waals surface area contributed by atoms with Gasteiger partial charge in [-0.1, -0.05) is 6.92 Å². The van der Waals surface area contributed by atoms with Gasteiger partial charge in [-0.25, -0.2) is 14.8 Å². The minimum Gasteiger partial charge on any atom is -0.479 e. The summed E-state index contributed by atoms with van der Waals surface area (Å²) < 4.78 is 5.09. The van der Waals surface area contributed by atoms with Crippen LogP contribution in [0.5, 0.6) is 5.88 Å². The molecule has 0 aliphatic heterocycles. The summed E-state index contributed by atoms with van der Waals surface area (Å²) in [7, 11) is 1.49. The fraction of sp³-hybridized carbons (Fsp3) is 0.429. The van der Waals surface area contributed by atoms with Crippen molar-refractivity contribution < 1.29 is 9.53 Å². The van der Waals surface area contributed by atoms with Crippen LogP contribution < -0.4 is 15.4 Å². The number of rotatable bonds is 5. The summed E-state index contributed by atoms with van der Waals surface area (Å²) >= 11 is 1.53. The smallest absolute Gasteiger partial charge is 0.320 e. The number of hydrogen-bond donors (Lipinski definition) is 2. The van der Waals surface area contributed by atoms with Crippen LogP contribution in [0, 0.1) is 6.92 Å². The highest BCUT2D eigenvalue weighted by atomic mass is 32.1. The predicted molar refractivity (Wildman–Crippen MR) is 85.2 cm³/mol. The summed E-state index contributed by atoms with van der Waals surface area (Å²) in [6.07, 6.45) is 3.56. The molecule has 0 saturated carbocycles. The number of anilines is 1. The molecule has 8 heteroatoms. The molecule has 0 spiro atoms. The molecular formula is C14H19N5O2S. The van der Waals surface area contributed by atoms with E-state index in [2.05, 4.69) is 25.6 Å². The molecule has 0 aliphatic rings. The van der Waals surface area contributed by atoms with E-state index >= 15 is 0 Å². The maximum absolute atomic E-state index is 12.3. The van der Waals surface area contributed by atoms with Crippen LogP contribution in [0.2, 0.25) is 0 Å². The van der Waals surface area contributed by atoms with Gasteiger partial charge in [0.1, 0.15) is 17.0 Å². The Balaban J connectivity index is 2.13. The van der Waals surface area contributed by atoms with Crippen molar-refractivity contribution in [2.24, 2.45) is 0 Å². The molecule has 7 nitrogen and oxygen atoms in total. The Kier molecular flexibility index (Phi) is 4.92. The second kappa shape index (κ2) is 6.69. The number of carbonyl (C=O) groups is 1. The number of urea groups is 1. The number of amides is 2. The Morgan fingerprint density at radius 3 is 2.86 bits per heavy atom. The third-order valence-corrected chi connectivity index (χ3v) is 4.53. The molecule has 0 unspecified atom stereocenters. The molecule has 0 bridgehead atoms. The summed E-state index contributed by atoms with van der Waals surface area (Å²) in [5, 5.41) is 8.51. The number of nitrogens with zero attached hydrogens (tertiary/aromatic N) is 3. The van der Waals surface area contributed by atoms with Gasteiger partial charge in [0.25, 0.3) is 0 Å². The molecule has 0 saturated heterocycles. The van der Waals surface area contributed by atoms with Crippen LogP contribution >= 0.6 is 11.3 Å². The van der Waals surface area contributed by atoms with Gasteiger partial charge in [0, 0.05) is 11.1 Å². The van der Waals surface area contributed by atoms with Gasteiger partial charge in [0.05, 0.1) is 18.8 Å². The maximum Gasteiger partial charge on any atom is 0.320 e. The number of nitrogens with one attached hydrogen (secondary N) is 2. The van der Waals surface area contributed by atoms with Gasteiger partial charge in [0.15, 0.2) is 0 Å². The molecule has 2 heterocycles. The van der Waals surface area contributed by atoms with Crippen LogP contribution in [0.1, 0.15) is 31.0 Å². The molecule has 118 valence electrons. The summed E-state index contributed by atoms with van der Waals surface area (Å²) in [6, 6.07) is -0.356. The molecule has 1 atom stereocenters. The fourth-order valence-electron chi connectivity index (χ4n) is 1.87. The standard InChI is InChI=1S/C14H19N5O2S/c1-5-14(3,12-17-9(2)7-22-12)19-13(20)18-10-6-15-8-16-11(10)21-4/h6-8H,5H2,1-4H3,(H2,18,19,20)/t14-/m0/s1. The van der Waals surface area contributed by atoms with Gasteiger partial charge in [-0.15, -0.1) is 11.3 Å². The minimum absolute atomic E-state index is 0.313. The average molecular weight is 321 g/mol.